The third-order valence-electron chi connectivity index (χ3n) is 1.73. The highest BCUT2D eigenvalue weighted by molar-refractivity contribution is 5.40. The van der Waals surface area contributed by atoms with Crippen molar-refractivity contribution in [1.29, 1.82) is 0 Å². The molecule has 70 valence electrons. The summed E-state index contributed by atoms with van der Waals surface area (Å²) in [5.41, 5.74) is 5.59. The predicted molar refractivity (Wildman–Crippen MR) is 45.7 cm³/mol. The zero-order valence-electron chi connectivity index (χ0n) is 7.08. The van der Waals surface area contributed by atoms with E-state index in [1.54, 1.807) is 0 Å². The highest BCUT2D eigenvalue weighted by atomic mass is 19.1. The van der Waals surface area contributed by atoms with E-state index in [-0.39, 0.29) is 12.1 Å². The Morgan fingerprint density at radius 3 is 2.69 bits per heavy atom. The number of nitro benzene ring substituents is 1. The minimum absolute atomic E-state index is 0.169. The van der Waals surface area contributed by atoms with Gasteiger partial charge in [-0.15, -0.1) is 0 Å². The Kier molecular flexibility index (Phi) is 2.57. The second-order valence-corrected chi connectivity index (χ2v) is 2.71. The molecule has 0 radical (unpaired) electrons. The van der Waals surface area contributed by atoms with Gasteiger partial charge in [0.15, 0.2) is 0 Å². The summed E-state index contributed by atoms with van der Waals surface area (Å²) in [6, 6.07) is 2.66. The van der Waals surface area contributed by atoms with Crippen molar-refractivity contribution in [2.45, 2.75) is 13.5 Å². The molecule has 5 heteroatoms. The number of nitrogens with two attached hydrogens (primary N) is 1. The van der Waals surface area contributed by atoms with Gasteiger partial charge in [0.1, 0.15) is 0 Å². The van der Waals surface area contributed by atoms with Gasteiger partial charge in [-0.05, 0) is 18.1 Å². The van der Waals surface area contributed by atoms with Gasteiger partial charge in [-0.2, -0.15) is 4.39 Å². The summed E-state index contributed by atoms with van der Waals surface area (Å²) >= 11 is 0. The van der Waals surface area contributed by atoms with Gasteiger partial charge in [-0.25, -0.2) is 0 Å². The number of hydrogen-bond acceptors (Lipinski definition) is 3. The van der Waals surface area contributed by atoms with E-state index in [2.05, 4.69) is 0 Å². The van der Waals surface area contributed by atoms with Crippen LogP contribution in [0.2, 0.25) is 0 Å². The summed E-state index contributed by atoms with van der Waals surface area (Å²) in [4.78, 5) is 9.62. The van der Waals surface area contributed by atoms with Crippen LogP contribution in [0.25, 0.3) is 0 Å². The van der Waals surface area contributed by atoms with Crippen LogP contribution in [0, 0.1) is 22.9 Å². The molecule has 0 aliphatic rings. The average molecular weight is 184 g/mol. The van der Waals surface area contributed by atoms with Crippen molar-refractivity contribution >= 4 is 5.69 Å². The van der Waals surface area contributed by atoms with Gasteiger partial charge in [-0.3, -0.25) is 10.1 Å². The Bertz CT molecular complexity index is 352. The van der Waals surface area contributed by atoms with Crippen LogP contribution in [0.5, 0.6) is 0 Å². The maximum Gasteiger partial charge on any atom is 0.305 e. The lowest BCUT2D eigenvalue weighted by atomic mass is 10.1. The summed E-state index contributed by atoms with van der Waals surface area (Å²) in [5.74, 6) is -0.790. The van der Waals surface area contributed by atoms with Crippen molar-refractivity contribution in [3.63, 3.8) is 0 Å². The first kappa shape index (κ1) is 9.60. The van der Waals surface area contributed by atoms with E-state index < -0.39 is 16.4 Å². The van der Waals surface area contributed by atoms with Gasteiger partial charge >= 0.3 is 5.69 Å². The second-order valence-electron chi connectivity index (χ2n) is 2.71. The van der Waals surface area contributed by atoms with Crippen LogP contribution in [-0.4, -0.2) is 4.92 Å². The topological polar surface area (TPSA) is 69.2 Å². The first-order valence-corrected chi connectivity index (χ1v) is 3.69. The zero-order valence-corrected chi connectivity index (χ0v) is 7.08. The van der Waals surface area contributed by atoms with Crippen LogP contribution in [0.1, 0.15) is 11.1 Å². The molecular formula is C8H9FN2O2. The fourth-order valence-corrected chi connectivity index (χ4v) is 1.07. The van der Waals surface area contributed by atoms with Crippen molar-refractivity contribution < 1.29 is 9.31 Å². The average Bonchev–Trinajstić information content (AvgIpc) is 2.09. The number of rotatable bonds is 2. The number of benzene rings is 1. The van der Waals surface area contributed by atoms with E-state index in [0.29, 0.717) is 5.56 Å². The fraction of sp³-hybridized carbons (Fsp3) is 0.250. The number of halogens is 1. The molecule has 13 heavy (non-hydrogen) atoms. The molecule has 0 aromatic heterocycles. The zero-order chi connectivity index (χ0) is 10.0. The Balaban J connectivity index is 3.33. The summed E-state index contributed by atoms with van der Waals surface area (Å²) < 4.78 is 13.1. The van der Waals surface area contributed by atoms with Crippen molar-refractivity contribution in [3.05, 3.63) is 39.2 Å². The molecule has 1 aromatic rings. The van der Waals surface area contributed by atoms with Crippen LogP contribution in [0.3, 0.4) is 0 Å². The maximum absolute atomic E-state index is 13.1. The molecule has 1 rings (SSSR count). The second kappa shape index (κ2) is 3.49. The standard InChI is InChI=1S/C8H9FN2O2/c1-5-2-6(4-10)3-7(8(5)9)11(12)13/h2-3H,4,10H2,1H3. The number of hydrogen-bond donors (Lipinski definition) is 1. The fourth-order valence-electron chi connectivity index (χ4n) is 1.07. The third-order valence-corrected chi connectivity index (χ3v) is 1.73. The summed E-state index contributed by atoms with van der Waals surface area (Å²) in [5, 5.41) is 10.4. The van der Waals surface area contributed by atoms with Crippen LogP contribution in [-0.2, 0) is 6.54 Å². The quantitative estimate of drug-likeness (QED) is 0.559. The van der Waals surface area contributed by atoms with Crippen LogP contribution >= 0.6 is 0 Å². The van der Waals surface area contributed by atoms with E-state index in [1.807, 2.05) is 0 Å². The minimum atomic E-state index is -0.790. The van der Waals surface area contributed by atoms with Gasteiger partial charge in [0.05, 0.1) is 4.92 Å². The molecule has 0 spiro atoms. The van der Waals surface area contributed by atoms with Crippen LogP contribution in [0.4, 0.5) is 10.1 Å². The van der Waals surface area contributed by atoms with E-state index in [4.69, 9.17) is 5.73 Å². The Morgan fingerprint density at radius 1 is 1.62 bits per heavy atom. The minimum Gasteiger partial charge on any atom is -0.326 e. The third kappa shape index (κ3) is 1.81. The van der Waals surface area contributed by atoms with Crippen LogP contribution in [0.15, 0.2) is 12.1 Å². The molecule has 0 fully saturated rings. The van der Waals surface area contributed by atoms with Crippen molar-refractivity contribution in [3.8, 4) is 0 Å². The lowest BCUT2D eigenvalue weighted by Crippen LogP contribution is -2.01. The summed E-state index contributed by atoms with van der Waals surface area (Å²) in [6.45, 7) is 1.64. The molecule has 0 bridgehead atoms. The molecule has 4 nitrogen and oxygen atoms in total. The summed E-state index contributed by atoms with van der Waals surface area (Å²) in [7, 11) is 0. The first-order valence-electron chi connectivity index (χ1n) is 3.69. The molecule has 0 unspecified atom stereocenters. The van der Waals surface area contributed by atoms with Crippen molar-refractivity contribution in [2.75, 3.05) is 0 Å². The Hall–Kier alpha value is -1.49. The molecule has 0 heterocycles. The number of nitro groups is 1. The predicted octanol–water partition coefficient (Wildman–Crippen LogP) is 1.50. The van der Waals surface area contributed by atoms with Crippen molar-refractivity contribution in [2.24, 2.45) is 5.73 Å². The normalized spacial score (nSPS) is 10.1. The number of aryl methyl sites for hydroxylation is 1. The summed E-state index contributed by atoms with van der Waals surface area (Å²) in [6.07, 6.45) is 0. The first-order chi connectivity index (χ1) is 6.06. The molecule has 0 saturated heterocycles. The van der Waals surface area contributed by atoms with Gasteiger partial charge in [0, 0.05) is 12.6 Å². The molecule has 2 N–H and O–H groups in total. The molecule has 0 aliphatic carbocycles. The van der Waals surface area contributed by atoms with Gasteiger partial charge < -0.3 is 5.73 Å². The molecule has 0 aliphatic heterocycles. The molecule has 1 aromatic carbocycles. The Morgan fingerprint density at radius 2 is 2.23 bits per heavy atom. The lowest BCUT2D eigenvalue weighted by Gasteiger charge is -2.01. The maximum atomic E-state index is 13.1. The van der Waals surface area contributed by atoms with E-state index in [1.165, 1.54) is 13.0 Å². The molecule has 0 amide bonds. The molecular weight excluding hydrogens is 175 g/mol. The number of nitrogens with zero attached hydrogens (tertiary/aromatic N) is 1. The van der Waals surface area contributed by atoms with Crippen LogP contribution < -0.4 is 5.73 Å². The van der Waals surface area contributed by atoms with Gasteiger partial charge in [-0.1, -0.05) is 6.07 Å². The van der Waals surface area contributed by atoms with Gasteiger partial charge in [0.2, 0.25) is 5.82 Å². The largest absolute Gasteiger partial charge is 0.326 e. The highest BCUT2D eigenvalue weighted by Gasteiger charge is 2.16. The lowest BCUT2D eigenvalue weighted by molar-refractivity contribution is -0.387. The molecule has 0 atom stereocenters. The SMILES string of the molecule is Cc1cc(CN)cc([N+](=O)[O-])c1F. The van der Waals surface area contributed by atoms with E-state index in [9.17, 15) is 14.5 Å². The smallest absolute Gasteiger partial charge is 0.305 e. The monoisotopic (exact) mass is 184 g/mol. The van der Waals surface area contributed by atoms with Crippen molar-refractivity contribution in [1.82, 2.24) is 0 Å². The van der Waals surface area contributed by atoms with Gasteiger partial charge in [0.25, 0.3) is 0 Å². The highest BCUT2D eigenvalue weighted by Crippen LogP contribution is 2.21. The van der Waals surface area contributed by atoms with E-state index in [0.717, 1.165) is 6.07 Å². The Labute approximate surface area is 74.3 Å². The van der Waals surface area contributed by atoms with E-state index >= 15 is 0 Å². The molecule has 0 saturated carbocycles.